The molecule has 1 aromatic heterocycles. The van der Waals surface area contributed by atoms with Gasteiger partial charge in [0.1, 0.15) is 5.56 Å². The van der Waals surface area contributed by atoms with Crippen LogP contribution < -0.4 is 5.43 Å². The summed E-state index contributed by atoms with van der Waals surface area (Å²) in [5, 5.41) is 0.260. The number of hydrogen-bond donors (Lipinski definition) is 0. The standard InChI is InChI=1S/C15H15NO5/c1-3-20-14(18)11-9-16(15(19)21-4-2)12-8-6-5-7-10(12)13(11)17/h5-9H,3-4H2,1-2H3. The first-order chi connectivity index (χ1) is 10.1. The van der Waals surface area contributed by atoms with Crippen molar-refractivity contribution in [2.45, 2.75) is 13.8 Å². The first kappa shape index (κ1) is 14.8. The highest BCUT2D eigenvalue weighted by molar-refractivity contribution is 5.96. The van der Waals surface area contributed by atoms with Crippen molar-refractivity contribution in [1.82, 2.24) is 4.57 Å². The van der Waals surface area contributed by atoms with E-state index in [1.807, 2.05) is 0 Å². The average molecular weight is 289 g/mol. The molecule has 0 aliphatic carbocycles. The number of hydrogen-bond acceptors (Lipinski definition) is 5. The lowest BCUT2D eigenvalue weighted by Crippen LogP contribution is -2.24. The average Bonchev–Trinajstić information content (AvgIpc) is 2.48. The van der Waals surface area contributed by atoms with Crippen molar-refractivity contribution in [3.63, 3.8) is 0 Å². The maximum atomic E-state index is 12.3. The number of rotatable bonds is 3. The maximum absolute atomic E-state index is 12.3. The molecular weight excluding hydrogens is 274 g/mol. The number of aromatic nitrogens is 1. The summed E-state index contributed by atoms with van der Waals surface area (Å²) in [5.74, 6) is -0.758. The summed E-state index contributed by atoms with van der Waals surface area (Å²) in [6.07, 6.45) is 0.514. The Morgan fingerprint density at radius 1 is 1.10 bits per heavy atom. The monoisotopic (exact) mass is 289 g/mol. The van der Waals surface area contributed by atoms with Crippen molar-refractivity contribution in [1.29, 1.82) is 0 Å². The number of esters is 1. The zero-order valence-electron chi connectivity index (χ0n) is 11.8. The van der Waals surface area contributed by atoms with Gasteiger partial charge in [-0.25, -0.2) is 9.59 Å². The summed E-state index contributed by atoms with van der Waals surface area (Å²) >= 11 is 0. The summed E-state index contributed by atoms with van der Waals surface area (Å²) in [7, 11) is 0. The van der Waals surface area contributed by atoms with E-state index in [0.29, 0.717) is 5.52 Å². The highest BCUT2D eigenvalue weighted by Crippen LogP contribution is 2.13. The molecule has 0 N–H and O–H groups in total. The highest BCUT2D eigenvalue weighted by atomic mass is 16.5. The van der Waals surface area contributed by atoms with E-state index in [1.165, 1.54) is 6.20 Å². The molecule has 21 heavy (non-hydrogen) atoms. The van der Waals surface area contributed by atoms with E-state index in [2.05, 4.69) is 0 Å². The molecule has 110 valence electrons. The molecule has 0 fully saturated rings. The smallest absolute Gasteiger partial charge is 0.418 e. The van der Waals surface area contributed by atoms with Crippen LogP contribution in [-0.2, 0) is 9.47 Å². The van der Waals surface area contributed by atoms with E-state index in [1.54, 1.807) is 38.1 Å². The molecule has 0 radical (unpaired) electrons. The van der Waals surface area contributed by atoms with Crippen LogP contribution in [0.25, 0.3) is 10.9 Å². The molecule has 6 heteroatoms. The lowest BCUT2D eigenvalue weighted by Gasteiger charge is -2.11. The number of pyridine rings is 1. The Hall–Kier alpha value is -2.63. The van der Waals surface area contributed by atoms with Gasteiger partial charge in [0.2, 0.25) is 5.43 Å². The zero-order chi connectivity index (χ0) is 15.4. The molecule has 0 spiro atoms. The van der Waals surface area contributed by atoms with Crippen LogP contribution in [0.2, 0.25) is 0 Å². The lowest BCUT2D eigenvalue weighted by molar-refractivity contribution is 0.0524. The Morgan fingerprint density at radius 2 is 1.76 bits per heavy atom. The summed E-state index contributed by atoms with van der Waals surface area (Å²) in [6.45, 7) is 3.65. The fourth-order valence-corrected chi connectivity index (χ4v) is 1.98. The molecule has 0 saturated carbocycles. The van der Waals surface area contributed by atoms with Crippen LogP contribution in [0, 0.1) is 0 Å². The molecule has 1 heterocycles. The number of carbonyl (C=O) groups excluding carboxylic acids is 2. The molecule has 0 saturated heterocycles. The van der Waals surface area contributed by atoms with E-state index in [0.717, 1.165) is 4.57 Å². The minimum atomic E-state index is -0.758. The maximum Gasteiger partial charge on any atom is 0.418 e. The van der Waals surface area contributed by atoms with Crippen molar-refractivity contribution < 1.29 is 19.1 Å². The van der Waals surface area contributed by atoms with Crippen molar-refractivity contribution >= 4 is 23.0 Å². The van der Waals surface area contributed by atoms with Crippen molar-refractivity contribution in [2.75, 3.05) is 13.2 Å². The number of carbonyl (C=O) groups is 2. The van der Waals surface area contributed by atoms with Gasteiger partial charge < -0.3 is 9.47 Å². The largest absolute Gasteiger partial charge is 0.462 e. The predicted molar refractivity (Wildman–Crippen MR) is 76.6 cm³/mol. The minimum Gasteiger partial charge on any atom is -0.462 e. The molecule has 6 nitrogen and oxygen atoms in total. The first-order valence-corrected chi connectivity index (χ1v) is 6.58. The van der Waals surface area contributed by atoms with Gasteiger partial charge in [-0.2, -0.15) is 0 Å². The molecule has 0 unspecified atom stereocenters. The molecule has 2 rings (SSSR count). The fourth-order valence-electron chi connectivity index (χ4n) is 1.98. The summed E-state index contributed by atoms with van der Waals surface area (Å²) < 4.78 is 10.9. The molecule has 2 aromatic rings. The predicted octanol–water partition coefficient (Wildman–Crippen LogP) is 2.18. The number of ether oxygens (including phenoxy) is 2. The third kappa shape index (κ3) is 2.79. The van der Waals surface area contributed by atoms with E-state index >= 15 is 0 Å². The summed E-state index contributed by atoms with van der Waals surface area (Å²) in [4.78, 5) is 36.2. The summed E-state index contributed by atoms with van der Waals surface area (Å²) in [5.41, 5.74) is -0.276. The van der Waals surface area contributed by atoms with E-state index in [-0.39, 0.29) is 24.2 Å². The van der Waals surface area contributed by atoms with Crippen LogP contribution >= 0.6 is 0 Å². The fraction of sp³-hybridized carbons (Fsp3) is 0.267. The lowest BCUT2D eigenvalue weighted by atomic mass is 10.1. The number of nitrogens with zero attached hydrogens (tertiary/aromatic N) is 1. The van der Waals surface area contributed by atoms with Crippen LogP contribution in [0.3, 0.4) is 0 Å². The topological polar surface area (TPSA) is 74.6 Å². The van der Waals surface area contributed by atoms with Crippen LogP contribution in [0.15, 0.2) is 35.3 Å². The van der Waals surface area contributed by atoms with E-state index in [9.17, 15) is 14.4 Å². The Labute approximate surface area is 120 Å². The minimum absolute atomic E-state index is 0.143. The van der Waals surface area contributed by atoms with Gasteiger partial charge in [0.25, 0.3) is 0 Å². The van der Waals surface area contributed by atoms with Gasteiger partial charge in [0, 0.05) is 11.6 Å². The second kappa shape index (κ2) is 6.21. The second-order valence-electron chi connectivity index (χ2n) is 4.18. The SMILES string of the molecule is CCOC(=O)c1cn(C(=O)OCC)c2ccccc2c1=O. The second-order valence-corrected chi connectivity index (χ2v) is 4.18. The Bertz CT molecular complexity index is 747. The van der Waals surface area contributed by atoms with Gasteiger partial charge in [0.15, 0.2) is 0 Å². The molecule has 0 aliphatic heterocycles. The van der Waals surface area contributed by atoms with Gasteiger partial charge in [-0.3, -0.25) is 9.36 Å². The Kier molecular flexibility index (Phi) is 4.37. The molecule has 0 atom stereocenters. The van der Waals surface area contributed by atoms with Crippen molar-refractivity contribution in [3.8, 4) is 0 Å². The number of fused-ring (bicyclic) bond motifs is 1. The Balaban J connectivity index is 2.72. The molecular formula is C15H15NO5. The van der Waals surface area contributed by atoms with Crippen molar-refractivity contribution in [2.24, 2.45) is 0 Å². The van der Waals surface area contributed by atoms with E-state index in [4.69, 9.17) is 9.47 Å². The van der Waals surface area contributed by atoms with Gasteiger partial charge in [0.05, 0.1) is 18.7 Å². The third-order valence-corrected chi connectivity index (χ3v) is 2.87. The van der Waals surface area contributed by atoms with Gasteiger partial charge >= 0.3 is 12.1 Å². The van der Waals surface area contributed by atoms with Crippen LogP contribution in [0.5, 0.6) is 0 Å². The van der Waals surface area contributed by atoms with Gasteiger partial charge in [-0.1, -0.05) is 12.1 Å². The number of para-hydroxylation sites is 1. The van der Waals surface area contributed by atoms with Crippen molar-refractivity contribution in [3.05, 3.63) is 46.2 Å². The Morgan fingerprint density at radius 3 is 2.43 bits per heavy atom. The van der Waals surface area contributed by atoms with Crippen LogP contribution in [-0.4, -0.2) is 29.8 Å². The normalized spacial score (nSPS) is 10.4. The summed E-state index contributed by atoms with van der Waals surface area (Å²) in [6, 6.07) is 6.52. The molecule has 0 aliphatic rings. The number of benzene rings is 1. The highest BCUT2D eigenvalue weighted by Gasteiger charge is 2.19. The molecule has 0 bridgehead atoms. The van der Waals surface area contributed by atoms with Gasteiger partial charge in [-0.05, 0) is 26.0 Å². The first-order valence-electron chi connectivity index (χ1n) is 6.58. The third-order valence-electron chi connectivity index (χ3n) is 2.87. The van der Waals surface area contributed by atoms with Crippen LogP contribution in [0.1, 0.15) is 24.2 Å². The molecule has 1 aromatic carbocycles. The van der Waals surface area contributed by atoms with Gasteiger partial charge in [-0.15, -0.1) is 0 Å². The van der Waals surface area contributed by atoms with Crippen LogP contribution in [0.4, 0.5) is 4.79 Å². The quantitative estimate of drug-likeness (QED) is 0.810. The molecule has 0 amide bonds. The zero-order valence-corrected chi connectivity index (χ0v) is 11.8. The van der Waals surface area contributed by atoms with E-state index < -0.39 is 17.5 Å².